The van der Waals surface area contributed by atoms with E-state index in [1.807, 2.05) is 30.3 Å². The molecule has 0 aliphatic heterocycles. The lowest BCUT2D eigenvalue weighted by Crippen LogP contribution is -1.99. The standard InChI is InChI=1S/C23H17NO5S/c1-30(27,28)18-8-3-7-17(14-18)29-16-6-2-5-15(13-16)19-11-12-24-22-20(19)9-4-10-21(22)23(25)26/h2-14H,1H3,(H,25,26). The minimum Gasteiger partial charge on any atom is -0.478 e. The summed E-state index contributed by atoms with van der Waals surface area (Å²) < 4.78 is 29.4. The number of aromatic carboxylic acids is 1. The summed E-state index contributed by atoms with van der Waals surface area (Å²) in [6.45, 7) is 0. The van der Waals surface area contributed by atoms with Crippen LogP contribution in [0.5, 0.6) is 11.5 Å². The number of carboxylic acid groups (broad SMARTS) is 1. The lowest BCUT2D eigenvalue weighted by atomic mass is 9.99. The molecule has 0 aliphatic rings. The largest absolute Gasteiger partial charge is 0.478 e. The Hall–Kier alpha value is -3.71. The smallest absolute Gasteiger partial charge is 0.337 e. The minimum absolute atomic E-state index is 0.138. The van der Waals surface area contributed by atoms with Crippen molar-refractivity contribution in [2.24, 2.45) is 0 Å². The number of hydrogen-bond donors (Lipinski definition) is 1. The fourth-order valence-electron chi connectivity index (χ4n) is 3.23. The van der Waals surface area contributed by atoms with Crippen LogP contribution in [0, 0.1) is 0 Å². The summed E-state index contributed by atoms with van der Waals surface area (Å²) in [5, 5.41) is 10.1. The SMILES string of the molecule is CS(=O)(=O)c1cccc(Oc2cccc(-c3ccnc4c(C(=O)O)cccc34)c2)c1. The molecule has 1 heterocycles. The van der Waals surface area contributed by atoms with Crippen molar-refractivity contribution >= 4 is 26.7 Å². The highest BCUT2D eigenvalue weighted by Gasteiger charge is 2.13. The minimum atomic E-state index is -3.34. The number of hydrogen-bond acceptors (Lipinski definition) is 5. The molecule has 0 saturated carbocycles. The van der Waals surface area contributed by atoms with Crippen LogP contribution in [0.2, 0.25) is 0 Å². The van der Waals surface area contributed by atoms with Gasteiger partial charge < -0.3 is 9.84 Å². The maximum Gasteiger partial charge on any atom is 0.337 e. The van der Waals surface area contributed by atoms with E-state index in [-0.39, 0.29) is 10.5 Å². The number of fused-ring (bicyclic) bond motifs is 1. The van der Waals surface area contributed by atoms with Gasteiger partial charge in [0.25, 0.3) is 0 Å². The van der Waals surface area contributed by atoms with Gasteiger partial charge in [0, 0.05) is 17.8 Å². The number of sulfone groups is 1. The zero-order chi connectivity index (χ0) is 21.3. The number of carboxylic acids is 1. The van der Waals surface area contributed by atoms with Crippen molar-refractivity contribution in [3.05, 3.63) is 84.6 Å². The van der Waals surface area contributed by atoms with Crippen LogP contribution in [-0.2, 0) is 9.84 Å². The lowest BCUT2D eigenvalue weighted by molar-refractivity contribution is 0.0699. The summed E-state index contributed by atoms with van der Waals surface area (Å²) in [6.07, 6.45) is 2.72. The van der Waals surface area contributed by atoms with Crippen molar-refractivity contribution in [2.45, 2.75) is 4.90 Å². The number of nitrogens with zero attached hydrogens (tertiary/aromatic N) is 1. The summed E-state index contributed by atoms with van der Waals surface area (Å²) in [4.78, 5) is 15.9. The molecule has 1 aromatic heterocycles. The van der Waals surface area contributed by atoms with Gasteiger partial charge in [-0.3, -0.25) is 4.98 Å². The van der Waals surface area contributed by atoms with Gasteiger partial charge in [0.2, 0.25) is 0 Å². The third kappa shape index (κ3) is 3.88. The Kier molecular flexibility index (Phi) is 4.97. The molecule has 4 aromatic rings. The van der Waals surface area contributed by atoms with Crippen LogP contribution in [0.3, 0.4) is 0 Å². The number of rotatable bonds is 5. The zero-order valence-corrected chi connectivity index (χ0v) is 16.8. The van der Waals surface area contributed by atoms with Gasteiger partial charge in [-0.1, -0.05) is 30.3 Å². The average molecular weight is 419 g/mol. The number of carbonyl (C=O) groups is 1. The Bertz CT molecular complexity index is 1380. The monoisotopic (exact) mass is 419 g/mol. The number of para-hydroxylation sites is 1. The van der Waals surface area contributed by atoms with E-state index in [1.54, 1.807) is 30.5 Å². The van der Waals surface area contributed by atoms with E-state index >= 15 is 0 Å². The highest BCUT2D eigenvalue weighted by molar-refractivity contribution is 7.90. The van der Waals surface area contributed by atoms with Crippen molar-refractivity contribution in [3.63, 3.8) is 0 Å². The van der Waals surface area contributed by atoms with Gasteiger partial charge >= 0.3 is 5.97 Å². The Labute approximate surface area is 173 Å². The van der Waals surface area contributed by atoms with Gasteiger partial charge in [0.1, 0.15) is 11.5 Å². The first kappa shape index (κ1) is 19.6. The molecule has 4 rings (SSSR count). The second-order valence-electron chi connectivity index (χ2n) is 6.74. The first-order valence-corrected chi connectivity index (χ1v) is 10.9. The average Bonchev–Trinajstić information content (AvgIpc) is 2.72. The van der Waals surface area contributed by atoms with Gasteiger partial charge in [-0.25, -0.2) is 13.2 Å². The van der Waals surface area contributed by atoms with Crippen molar-refractivity contribution in [1.82, 2.24) is 4.98 Å². The van der Waals surface area contributed by atoms with Crippen LogP contribution >= 0.6 is 0 Å². The quantitative estimate of drug-likeness (QED) is 0.500. The van der Waals surface area contributed by atoms with Crippen LogP contribution in [0.1, 0.15) is 10.4 Å². The van der Waals surface area contributed by atoms with Crippen molar-refractivity contribution < 1.29 is 23.1 Å². The molecule has 0 aliphatic carbocycles. The van der Waals surface area contributed by atoms with Crippen LogP contribution in [0.4, 0.5) is 0 Å². The van der Waals surface area contributed by atoms with Crippen LogP contribution in [-0.4, -0.2) is 30.7 Å². The molecule has 0 bridgehead atoms. The Morgan fingerprint density at radius 1 is 0.933 bits per heavy atom. The Morgan fingerprint density at radius 2 is 1.63 bits per heavy atom. The molecule has 7 heteroatoms. The molecule has 0 unspecified atom stereocenters. The molecule has 3 aromatic carbocycles. The highest BCUT2D eigenvalue weighted by Crippen LogP contribution is 2.32. The molecule has 6 nitrogen and oxygen atoms in total. The van der Waals surface area contributed by atoms with Crippen LogP contribution in [0.15, 0.2) is 83.9 Å². The van der Waals surface area contributed by atoms with Crippen LogP contribution < -0.4 is 4.74 Å². The number of ether oxygens (including phenoxy) is 1. The van der Waals surface area contributed by atoms with Crippen molar-refractivity contribution in [1.29, 1.82) is 0 Å². The first-order valence-electron chi connectivity index (χ1n) is 9.02. The topological polar surface area (TPSA) is 93.6 Å². The maximum atomic E-state index is 11.8. The van der Waals surface area contributed by atoms with Gasteiger partial charge in [0.15, 0.2) is 9.84 Å². The van der Waals surface area contributed by atoms with Crippen molar-refractivity contribution in [3.8, 4) is 22.6 Å². The zero-order valence-electron chi connectivity index (χ0n) is 15.9. The van der Waals surface area contributed by atoms with Crippen LogP contribution in [0.25, 0.3) is 22.0 Å². The molecule has 1 N–H and O–H groups in total. The normalized spacial score (nSPS) is 11.4. The summed E-state index contributed by atoms with van der Waals surface area (Å²) in [7, 11) is -3.34. The van der Waals surface area contributed by atoms with Crippen molar-refractivity contribution in [2.75, 3.05) is 6.26 Å². The molecule has 0 amide bonds. The van der Waals surface area contributed by atoms with E-state index in [0.717, 1.165) is 17.4 Å². The molecule has 0 atom stereocenters. The molecule has 0 radical (unpaired) electrons. The summed E-state index contributed by atoms with van der Waals surface area (Å²) >= 11 is 0. The Balaban J connectivity index is 1.75. The predicted octanol–water partition coefficient (Wildman–Crippen LogP) is 4.80. The molecule has 150 valence electrons. The summed E-state index contributed by atoms with van der Waals surface area (Å²) in [5.41, 5.74) is 2.19. The molecule has 0 spiro atoms. The fraction of sp³-hybridized carbons (Fsp3) is 0.0435. The molecule has 0 fully saturated rings. The molecule has 0 saturated heterocycles. The number of benzene rings is 3. The molecule has 30 heavy (non-hydrogen) atoms. The lowest BCUT2D eigenvalue weighted by Gasteiger charge is -2.11. The Morgan fingerprint density at radius 3 is 2.37 bits per heavy atom. The van der Waals surface area contributed by atoms with Gasteiger partial charge in [-0.05, 0) is 53.6 Å². The molecular weight excluding hydrogens is 402 g/mol. The van der Waals surface area contributed by atoms with E-state index in [9.17, 15) is 18.3 Å². The third-order valence-electron chi connectivity index (χ3n) is 4.62. The third-order valence-corrected chi connectivity index (χ3v) is 5.73. The fourth-order valence-corrected chi connectivity index (χ4v) is 3.89. The highest BCUT2D eigenvalue weighted by atomic mass is 32.2. The number of aromatic nitrogens is 1. The van der Waals surface area contributed by atoms with Gasteiger partial charge in [-0.15, -0.1) is 0 Å². The number of pyridine rings is 1. The van der Waals surface area contributed by atoms with Gasteiger partial charge in [0.05, 0.1) is 16.0 Å². The second kappa shape index (κ2) is 7.61. The van der Waals surface area contributed by atoms with Gasteiger partial charge in [-0.2, -0.15) is 0 Å². The second-order valence-corrected chi connectivity index (χ2v) is 8.76. The maximum absolute atomic E-state index is 11.8. The van der Waals surface area contributed by atoms with E-state index in [4.69, 9.17) is 4.74 Å². The summed E-state index contributed by atoms with van der Waals surface area (Å²) in [6, 6.07) is 20.4. The summed E-state index contributed by atoms with van der Waals surface area (Å²) in [5.74, 6) is -0.103. The van der Waals surface area contributed by atoms with E-state index < -0.39 is 15.8 Å². The predicted molar refractivity (Wildman–Crippen MR) is 114 cm³/mol. The van der Waals surface area contributed by atoms with E-state index in [0.29, 0.717) is 22.4 Å². The molecular formula is C23H17NO5S. The first-order chi connectivity index (χ1) is 14.3. The van der Waals surface area contributed by atoms with E-state index in [2.05, 4.69) is 4.98 Å². The van der Waals surface area contributed by atoms with E-state index in [1.165, 1.54) is 18.2 Å².